The van der Waals surface area contributed by atoms with E-state index in [1.807, 2.05) is 26.0 Å². The van der Waals surface area contributed by atoms with E-state index in [1.54, 1.807) is 6.92 Å². The van der Waals surface area contributed by atoms with Gasteiger partial charge in [0, 0.05) is 9.86 Å². The van der Waals surface area contributed by atoms with Crippen LogP contribution in [0.1, 0.15) is 47.8 Å². The zero-order valence-corrected chi connectivity index (χ0v) is 14.3. The summed E-state index contributed by atoms with van der Waals surface area (Å²) in [6.07, 6.45) is 0.145. The molecule has 0 aliphatic heterocycles. The number of aromatic carboxylic acids is 1. The second-order valence-electron chi connectivity index (χ2n) is 5.25. The summed E-state index contributed by atoms with van der Waals surface area (Å²) in [5.41, 5.74) is 2.51. The van der Waals surface area contributed by atoms with Crippen LogP contribution in [0, 0.1) is 6.92 Å². The Labute approximate surface area is 136 Å². The lowest BCUT2D eigenvalue weighted by Gasteiger charge is -2.11. The van der Waals surface area contributed by atoms with Gasteiger partial charge in [0.05, 0.1) is 18.5 Å². The number of rotatable bonds is 5. The average molecular weight is 368 g/mol. The molecule has 5 nitrogen and oxygen atoms in total. The highest BCUT2D eigenvalue weighted by Crippen LogP contribution is 2.36. The van der Waals surface area contributed by atoms with E-state index in [9.17, 15) is 14.7 Å². The van der Waals surface area contributed by atoms with Crippen molar-refractivity contribution in [1.82, 2.24) is 4.98 Å². The molecule has 1 heterocycles. The molecule has 0 saturated heterocycles. The number of halogens is 1. The Morgan fingerprint density at radius 1 is 1.41 bits per heavy atom. The minimum atomic E-state index is -1.04. The second-order valence-corrected chi connectivity index (χ2v) is 6.04. The molecule has 0 amide bonds. The Kier molecular flexibility index (Phi) is 4.90. The van der Waals surface area contributed by atoms with Crippen LogP contribution in [0.4, 0.5) is 0 Å². The van der Waals surface area contributed by atoms with E-state index < -0.39 is 5.97 Å². The van der Waals surface area contributed by atoms with Gasteiger partial charge in [-0.2, -0.15) is 0 Å². The number of nitrogens with one attached hydrogen (secondary N) is 1. The topological polar surface area (TPSA) is 79.4 Å². The van der Waals surface area contributed by atoms with Crippen LogP contribution in [0.5, 0.6) is 0 Å². The maximum absolute atomic E-state index is 11.7. The van der Waals surface area contributed by atoms with Crippen LogP contribution in [0.15, 0.2) is 16.6 Å². The van der Waals surface area contributed by atoms with Gasteiger partial charge in [-0.25, -0.2) is 4.79 Å². The average Bonchev–Trinajstić information content (AvgIpc) is 2.83. The summed E-state index contributed by atoms with van der Waals surface area (Å²) >= 11 is 3.49. The van der Waals surface area contributed by atoms with Crippen LogP contribution in [-0.2, 0) is 9.53 Å². The standard InChI is InChI=1S/C16H18BrNO4/c1-4-22-11(19)7-9(3)12-10-6-5-8(2)13(17)14(10)18-15(12)16(20)21/h5-6,9,18H,4,7H2,1-3H3,(H,20,21). The number of hydrogen-bond donors (Lipinski definition) is 2. The number of ether oxygens (including phenoxy) is 1. The number of H-pyrrole nitrogens is 1. The van der Waals surface area contributed by atoms with Gasteiger partial charge in [0.2, 0.25) is 0 Å². The van der Waals surface area contributed by atoms with Gasteiger partial charge in [-0.3, -0.25) is 4.79 Å². The summed E-state index contributed by atoms with van der Waals surface area (Å²) in [6.45, 7) is 5.83. The Morgan fingerprint density at radius 3 is 2.68 bits per heavy atom. The van der Waals surface area contributed by atoms with Crippen LogP contribution >= 0.6 is 15.9 Å². The van der Waals surface area contributed by atoms with Gasteiger partial charge < -0.3 is 14.8 Å². The van der Waals surface area contributed by atoms with E-state index in [4.69, 9.17) is 4.74 Å². The van der Waals surface area contributed by atoms with Crippen LogP contribution < -0.4 is 0 Å². The molecule has 22 heavy (non-hydrogen) atoms. The van der Waals surface area contributed by atoms with Crippen molar-refractivity contribution >= 4 is 38.8 Å². The third-order valence-corrected chi connectivity index (χ3v) is 4.65. The molecule has 1 unspecified atom stereocenters. The van der Waals surface area contributed by atoms with Crippen molar-refractivity contribution in [2.24, 2.45) is 0 Å². The van der Waals surface area contributed by atoms with E-state index in [0.717, 1.165) is 20.9 Å². The van der Waals surface area contributed by atoms with Crippen molar-refractivity contribution in [2.75, 3.05) is 6.61 Å². The van der Waals surface area contributed by atoms with Crippen molar-refractivity contribution < 1.29 is 19.4 Å². The second kappa shape index (κ2) is 6.52. The Morgan fingerprint density at radius 2 is 2.09 bits per heavy atom. The molecule has 1 atom stereocenters. The monoisotopic (exact) mass is 367 g/mol. The number of carbonyl (C=O) groups is 2. The number of carboxylic acids is 1. The molecule has 2 N–H and O–H groups in total. The summed E-state index contributed by atoms with van der Waals surface area (Å²) in [6, 6.07) is 3.81. The highest BCUT2D eigenvalue weighted by molar-refractivity contribution is 9.10. The summed E-state index contributed by atoms with van der Waals surface area (Å²) in [5.74, 6) is -1.62. The van der Waals surface area contributed by atoms with Gasteiger partial charge in [0.25, 0.3) is 0 Å². The first-order chi connectivity index (χ1) is 10.4. The zero-order valence-electron chi connectivity index (χ0n) is 12.7. The molecule has 1 aromatic carbocycles. The molecule has 0 spiro atoms. The number of aromatic amines is 1. The molecule has 2 aromatic rings. The molecule has 0 aliphatic carbocycles. The van der Waals surface area contributed by atoms with Gasteiger partial charge in [-0.05, 0) is 46.8 Å². The maximum Gasteiger partial charge on any atom is 0.352 e. The van der Waals surface area contributed by atoms with Gasteiger partial charge in [0.1, 0.15) is 5.69 Å². The lowest BCUT2D eigenvalue weighted by molar-refractivity contribution is -0.143. The van der Waals surface area contributed by atoms with E-state index in [2.05, 4.69) is 20.9 Å². The number of carbonyl (C=O) groups excluding carboxylic acids is 1. The molecule has 0 saturated carbocycles. The number of benzene rings is 1. The largest absolute Gasteiger partial charge is 0.477 e. The normalized spacial score (nSPS) is 12.4. The molecule has 1 aromatic heterocycles. The number of carboxylic acid groups (broad SMARTS) is 1. The first-order valence-electron chi connectivity index (χ1n) is 7.06. The van der Waals surface area contributed by atoms with Crippen molar-refractivity contribution in [3.63, 3.8) is 0 Å². The fourth-order valence-electron chi connectivity index (χ4n) is 2.61. The third-order valence-electron chi connectivity index (χ3n) is 3.63. The van der Waals surface area contributed by atoms with E-state index in [-0.39, 0.29) is 24.0 Å². The lowest BCUT2D eigenvalue weighted by atomic mass is 9.94. The van der Waals surface area contributed by atoms with E-state index >= 15 is 0 Å². The zero-order chi connectivity index (χ0) is 16.4. The van der Waals surface area contributed by atoms with Gasteiger partial charge in [-0.15, -0.1) is 0 Å². The Bertz CT molecular complexity index is 735. The molecule has 118 valence electrons. The van der Waals surface area contributed by atoms with Crippen LogP contribution in [-0.4, -0.2) is 28.6 Å². The molecule has 0 bridgehead atoms. The van der Waals surface area contributed by atoms with Crippen LogP contribution in [0.25, 0.3) is 10.9 Å². The number of esters is 1. The summed E-state index contributed by atoms with van der Waals surface area (Å²) < 4.78 is 5.80. The summed E-state index contributed by atoms with van der Waals surface area (Å²) in [5, 5.41) is 10.3. The Hall–Kier alpha value is -1.82. The lowest BCUT2D eigenvalue weighted by Crippen LogP contribution is -2.11. The highest BCUT2D eigenvalue weighted by atomic mass is 79.9. The van der Waals surface area contributed by atoms with E-state index in [0.29, 0.717) is 12.2 Å². The summed E-state index contributed by atoms with van der Waals surface area (Å²) in [4.78, 5) is 26.2. The van der Waals surface area contributed by atoms with Gasteiger partial charge in [-0.1, -0.05) is 19.1 Å². The molecule has 6 heteroatoms. The Balaban J connectivity index is 2.55. The van der Waals surface area contributed by atoms with Crippen molar-refractivity contribution in [3.8, 4) is 0 Å². The molecule has 0 aliphatic rings. The van der Waals surface area contributed by atoms with Crippen molar-refractivity contribution in [3.05, 3.63) is 33.4 Å². The predicted octanol–water partition coefficient (Wildman–Crippen LogP) is 3.99. The van der Waals surface area contributed by atoms with Gasteiger partial charge >= 0.3 is 11.9 Å². The molecular weight excluding hydrogens is 350 g/mol. The molecule has 0 radical (unpaired) electrons. The van der Waals surface area contributed by atoms with E-state index in [1.165, 1.54) is 0 Å². The summed E-state index contributed by atoms with van der Waals surface area (Å²) in [7, 11) is 0. The smallest absolute Gasteiger partial charge is 0.352 e. The van der Waals surface area contributed by atoms with Crippen molar-refractivity contribution in [2.45, 2.75) is 33.1 Å². The quantitative estimate of drug-likeness (QED) is 0.782. The van der Waals surface area contributed by atoms with Gasteiger partial charge in [0.15, 0.2) is 0 Å². The minimum Gasteiger partial charge on any atom is -0.477 e. The molecule has 2 rings (SSSR count). The third kappa shape index (κ3) is 3.02. The number of aryl methyl sites for hydroxylation is 1. The van der Waals surface area contributed by atoms with Crippen LogP contribution in [0.3, 0.4) is 0 Å². The van der Waals surface area contributed by atoms with Crippen molar-refractivity contribution in [1.29, 1.82) is 0 Å². The molecular formula is C16H18BrNO4. The molecule has 0 fully saturated rings. The highest BCUT2D eigenvalue weighted by Gasteiger charge is 2.25. The first kappa shape index (κ1) is 16.5. The number of hydrogen-bond acceptors (Lipinski definition) is 3. The minimum absolute atomic E-state index is 0.123. The number of aromatic nitrogens is 1. The van der Waals surface area contributed by atoms with Crippen LogP contribution in [0.2, 0.25) is 0 Å². The maximum atomic E-state index is 11.7. The predicted molar refractivity (Wildman–Crippen MR) is 87.4 cm³/mol. The first-order valence-corrected chi connectivity index (χ1v) is 7.85. The SMILES string of the molecule is CCOC(=O)CC(C)c1c(C(=O)O)[nH]c2c(Br)c(C)ccc12. The number of fused-ring (bicyclic) bond motifs is 1. The fraction of sp³-hybridized carbons (Fsp3) is 0.375. The fourth-order valence-corrected chi connectivity index (χ4v) is 3.05.